The van der Waals surface area contributed by atoms with E-state index in [1.54, 1.807) is 17.1 Å². The topological polar surface area (TPSA) is 84.4 Å². The molecule has 0 radical (unpaired) electrons. The molecular formula is C12H18N4O2. The van der Waals surface area contributed by atoms with Crippen LogP contribution in [0.5, 0.6) is 0 Å². The lowest BCUT2D eigenvalue weighted by Crippen LogP contribution is -2.49. The molecule has 0 aromatic carbocycles. The van der Waals surface area contributed by atoms with Crippen LogP contribution in [0, 0.1) is 0 Å². The van der Waals surface area contributed by atoms with Crippen LogP contribution in [0.2, 0.25) is 0 Å². The zero-order valence-corrected chi connectivity index (χ0v) is 10.2. The molecule has 1 amide bonds. The van der Waals surface area contributed by atoms with Crippen LogP contribution in [0.1, 0.15) is 25.7 Å². The number of piperidine rings is 1. The number of nitrogens with two attached hydrogens (primary N) is 1. The molecule has 18 heavy (non-hydrogen) atoms. The largest absolute Gasteiger partial charge is 0.396 e. The van der Waals surface area contributed by atoms with Gasteiger partial charge >= 0.3 is 0 Å². The van der Waals surface area contributed by atoms with Gasteiger partial charge in [-0.1, -0.05) is 0 Å². The second kappa shape index (κ2) is 4.28. The molecule has 3 rings (SSSR count). The van der Waals surface area contributed by atoms with Crippen molar-refractivity contribution in [3.8, 4) is 0 Å². The van der Waals surface area contributed by atoms with Crippen LogP contribution in [0.4, 0.5) is 5.69 Å². The zero-order valence-electron chi connectivity index (χ0n) is 10.2. The molecule has 0 aliphatic carbocycles. The van der Waals surface area contributed by atoms with E-state index in [9.17, 15) is 9.90 Å². The monoisotopic (exact) mass is 250 g/mol. The highest BCUT2D eigenvalue weighted by Gasteiger charge is 2.42. The molecular weight excluding hydrogens is 232 g/mol. The summed E-state index contributed by atoms with van der Waals surface area (Å²) in [6.45, 7) is 0.236. The van der Waals surface area contributed by atoms with Crippen LogP contribution in [0.3, 0.4) is 0 Å². The van der Waals surface area contributed by atoms with Crippen molar-refractivity contribution >= 4 is 11.6 Å². The first-order valence-electron chi connectivity index (χ1n) is 6.40. The molecule has 1 aromatic heterocycles. The predicted octanol–water partition coefficient (Wildman–Crippen LogP) is -0.0204. The van der Waals surface area contributed by atoms with Gasteiger partial charge in [0.05, 0.1) is 18.0 Å². The number of hydrogen-bond donors (Lipinski definition) is 2. The third kappa shape index (κ3) is 1.96. The molecule has 2 unspecified atom stereocenters. The molecule has 2 atom stereocenters. The Balaban J connectivity index is 1.70. The highest BCUT2D eigenvalue weighted by molar-refractivity contribution is 5.77. The number of carbonyl (C=O) groups excluding carboxylic acids is 1. The Labute approximate surface area is 105 Å². The second-order valence-corrected chi connectivity index (χ2v) is 5.28. The molecule has 2 saturated heterocycles. The number of anilines is 1. The fourth-order valence-electron chi connectivity index (χ4n) is 3.24. The van der Waals surface area contributed by atoms with Crippen molar-refractivity contribution in [1.82, 2.24) is 14.7 Å². The van der Waals surface area contributed by atoms with Crippen molar-refractivity contribution < 1.29 is 9.90 Å². The van der Waals surface area contributed by atoms with E-state index in [1.165, 1.54) is 0 Å². The minimum absolute atomic E-state index is 0.0810. The fraction of sp³-hybridized carbons (Fsp3) is 0.667. The van der Waals surface area contributed by atoms with Gasteiger partial charge < -0.3 is 15.7 Å². The molecule has 1 aromatic rings. The lowest BCUT2D eigenvalue weighted by atomic mass is 10.00. The van der Waals surface area contributed by atoms with E-state index in [1.807, 2.05) is 4.90 Å². The van der Waals surface area contributed by atoms with Gasteiger partial charge in [-0.2, -0.15) is 5.10 Å². The molecule has 6 heteroatoms. The number of amides is 1. The van der Waals surface area contributed by atoms with Gasteiger partial charge in [0.25, 0.3) is 0 Å². The van der Waals surface area contributed by atoms with E-state index in [0.29, 0.717) is 18.5 Å². The lowest BCUT2D eigenvalue weighted by molar-refractivity contribution is -0.138. The van der Waals surface area contributed by atoms with Crippen LogP contribution in [-0.4, -0.2) is 43.9 Å². The molecule has 2 aliphatic heterocycles. The Morgan fingerprint density at radius 3 is 2.67 bits per heavy atom. The molecule has 3 heterocycles. The van der Waals surface area contributed by atoms with Crippen molar-refractivity contribution in [3.05, 3.63) is 12.4 Å². The normalized spacial score (nSPS) is 30.7. The number of aliphatic hydroxyl groups is 1. The van der Waals surface area contributed by atoms with E-state index in [4.69, 9.17) is 5.73 Å². The van der Waals surface area contributed by atoms with Gasteiger partial charge in [0, 0.05) is 18.3 Å². The van der Waals surface area contributed by atoms with Crippen molar-refractivity contribution in [2.75, 3.05) is 5.73 Å². The zero-order chi connectivity index (χ0) is 12.7. The maximum Gasteiger partial charge on any atom is 0.244 e. The first-order valence-corrected chi connectivity index (χ1v) is 6.40. The number of rotatable bonds is 2. The Kier molecular flexibility index (Phi) is 2.74. The predicted molar refractivity (Wildman–Crippen MR) is 65.5 cm³/mol. The van der Waals surface area contributed by atoms with Crippen LogP contribution in [-0.2, 0) is 11.3 Å². The molecule has 0 spiro atoms. The summed E-state index contributed by atoms with van der Waals surface area (Å²) in [6, 6.07) is 0.415. The standard InChI is InChI=1S/C12H18N4O2/c13-8-5-14-15(6-8)7-12(18)16-9-1-2-10(16)4-11(17)3-9/h5-6,9-11,17H,1-4,7,13H2. The van der Waals surface area contributed by atoms with Gasteiger partial charge in [-0.3, -0.25) is 9.48 Å². The van der Waals surface area contributed by atoms with E-state index in [0.717, 1.165) is 12.8 Å². The van der Waals surface area contributed by atoms with Gasteiger partial charge in [-0.05, 0) is 25.7 Å². The van der Waals surface area contributed by atoms with Crippen molar-refractivity contribution in [2.45, 2.75) is 50.4 Å². The number of fused-ring (bicyclic) bond motifs is 2. The summed E-state index contributed by atoms with van der Waals surface area (Å²) in [7, 11) is 0. The molecule has 98 valence electrons. The highest BCUT2D eigenvalue weighted by atomic mass is 16.3. The second-order valence-electron chi connectivity index (χ2n) is 5.28. The average Bonchev–Trinajstić information content (AvgIpc) is 2.81. The third-order valence-corrected chi connectivity index (χ3v) is 3.95. The van der Waals surface area contributed by atoms with Gasteiger partial charge in [0.15, 0.2) is 0 Å². The lowest BCUT2D eigenvalue weighted by Gasteiger charge is -2.37. The summed E-state index contributed by atoms with van der Waals surface area (Å²) < 4.78 is 1.57. The Hall–Kier alpha value is -1.56. The maximum atomic E-state index is 12.3. The van der Waals surface area contributed by atoms with Gasteiger partial charge in [-0.25, -0.2) is 0 Å². The van der Waals surface area contributed by atoms with Crippen LogP contribution >= 0.6 is 0 Å². The Morgan fingerprint density at radius 2 is 2.11 bits per heavy atom. The van der Waals surface area contributed by atoms with Crippen molar-refractivity contribution in [2.24, 2.45) is 0 Å². The van der Waals surface area contributed by atoms with E-state index in [-0.39, 0.29) is 30.6 Å². The SMILES string of the molecule is Nc1cnn(CC(=O)N2C3CCC2CC(O)C3)c1. The molecule has 2 aliphatic rings. The maximum absolute atomic E-state index is 12.3. The van der Waals surface area contributed by atoms with Crippen LogP contribution in [0.25, 0.3) is 0 Å². The van der Waals surface area contributed by atoms with Gasteiger partial charge in [0.2, 0.25) is 5.91 Å². The molecule has 2 bridgehead atoms. The summed E-state index contributed by atoms with van der Waals surface area (Å²) in [6.07, 6.45) is 6.41. The fourth-order valence-corrected chi connectivity index (χ4v) is 3.24. The van der Waals surface area contributed by atoms with Crippen molar-refractivity contribution in [1.29, 1.82) is 0 Å². The molecule has 6 nitrogen and oxygen atoms in total. The van der Waals surface area contributed by atoms with Crippen molar-refractivity contribution in [3.63, 3.8) is 0 Å². The third-order valence-electron chi connectivity index (χ3n) is 3.95. The quantitative estimate of drug-likeness (QED) is 0.772. The van der Waals surface area contributed by atoms with Crippen LogP contribution in [0.15, 0.2) is 12.4 Å². The highest BCUT2D eigenvalue weighted by Crippen LogP contribution is 2.35. The molecule has 3 N–H and O–H groups in total. The number of carbonyl (C=O) groups is 1. The number of nitrogen functional groups attached to an aromatic ring is 1. The van der Waals surface area contributed by atoms with Gasteiger partial charge in [-0.15, -0.1) is 0 Å². The summed E-state index contributed by atoms with van der Waals surface area (Å²) in [5.74, 6) is 0.0810. The first kappa shape index (κ1) is 11.5. The summed E-state index contributed by atoms with van der Waals surface area (Å²) in [5, 5.41) is 13.7. The van der Waals surface area contributed by atoms with Gasteiger partial charge in [0.1, 0.15) is 6.54 Å². The first-order chi connectivity index (χ1) is 8.63. The van der Waals surface area contributed by atoms with E-state index in [2.05, 4.69) is 5.10 Å². The average molecular weight is 250 g/mol. The Bertz CT molecular complexity index is 445. The summed E-state index contributed by atoms with van der Waals surface area (Å²) >= 11 is 0. The summed E-state index contributed by atoms with van der Waals surface area (Å²) in [5.41, 5.74) is 6.15. The van der Waals surface area contributed by atoms with E-state index >= 15 is 0 Å². The minimum Gasteiger partial charge on any atom is -0.396 e. The van der Waals surface area contributed by atoms with E-state index < -0.39 is 0 Å². The van der Waals surface area contributed by atoms with Crippen LogP contribution < -0.4 is 5.73 Å². The molecule has 0 saturated carbocycles. The number of aromatic nitrogens is 2. The molecule has 2 fully saturated rings. The number of hydrogen-bond acceptors (Lipinski definition) is 4. The Morgan fingerprint density at radius 1 is 1.44 bits per heavy atom. The minimum atomic E-state index is -0.244. The summed E-state index contributed by atoms with van der Waals surface area (Å²) in [4.78, 5) is 14.2. The number of nitrogens with zero attached hydrogens (tertiary/aromatic N) is 3. The number of aliphatic hydroxyl groups excluding tert-OH is 1. The smallest absolute Gasteiger partial charge is 0.244 e.